The smallest absolute Gasteiger partial charge is 0.459 e. The normalized spacial score (nSPS) is 20.5. The van der Waals surface area contributed by atoms with Crippen LogP contribution in [-0.2, 0) is 39.5 Å². The molecule has 0 saturated carbocycles. The van der Waals surface area contributed by atoms with Gasteiger partial charge in [0.1, 0.15) is 30.3 Å². The summed E-state index contributed by atoms with van der Waals surface area (Å²) in [5, 5.41) is 12.9. The van der Waals surface area contributed by atoms with E-state index in [1.807, 2.05) is 13.8 Å². The third-order valence-electron chi connectivity index (χ3n) is 7.01. The summed E-state index contributed by atoms with van der Waals surface area (Å²) in [7, 11) is -4.77. The maximum absolute atomic E-state index is 15.1. The summed E-state index contributed by atoms with van der Waals surface area (Å²) in [6.45, 7) is 2.76. The molecule has 14 nitrogen and oxygen atoms in total. The van der Waals surface area contributed by atoms with Crippen molar-refractivity contribution in [1.29, 1.82) is 0 Å². The zero-order valence-electron chi connectivity index (χ0n) is 26.1. The Bertz CT molecular complexity index is 1630. The molecule has 0 amide bonds. The summed E-state index contributed by atoms with van der Waals surface area (Å²) in [6, 6.07) is 15.6. The number of esters is 2. The lowest BCUT2D eigenvalue weighted by Crippen LogP contribution is -2.42. The average Bonchev–Trinajstić information content (AvgIpc) is 3.26. The highest BCUT2D eigenvalue weighted by Gasteiger charge is 2.60. The number of hydrogen-bond acceptors (Lipinski definition) is 12. The Morgan fingerprint density at radius 1 is 1.10 bits per heavy atom. The Kier molecular flexibility index (Phi) is 12.4. The number of anilines is 1. The second kappa shape index (κ2) is 16.3. The number of carbonyl (C=O) groups excluding carboxylic acids is 2. The minimum atomic E-state index is -4.77. The number of aromatic nitrogens is 2. The molecule has 2 heterocycles. The zero-order valence-corrected chi connectivity index (χ0v) is 27.0. The summed E-state index contributed by atoms with van der Waals surface area (Å²) in [6.07, 6.45) is -5.89. The molecular formula is C31H37F2N4O10P. The van der Waals surface area contributed by atoms with Gasteiger partial charge in [-0.3, -0.25) is 18.7 Å². The molecule has 17 heteroatoms. The number of nitrogen functional groups attached to an aromatic ring is 1. The number of para-hydroxylation sites is 1. The lowest BCUT2D eigenvalue weighted by atomic mass is 10.1. The highest BCUT2D eigenvalue weighted by Crippen LogP contribution is 2.48. The van der Waals surface area contributed by atoms with Gasteiger partial charge in [0.15, 0.2) is 6.10 Å². The van der Waals surface area contributed by atoms with E-state index in [4.69, 9.17) is 29.0 Å². The van der Waals surface area contributed by atoms with Crippen molar-refractivity contribution in [2.75, 3.05) is 18.9 Å². The molecule has 1 saturated heterocycles. The minimum Gasteiger partial charge on any atom is -0.466 e. The summed E-state index contributed by atoms with van der Waals surface area (Å²) in [4.78, 5) is 41.7. The molecule has 260 valence electrons. The molecule has 4 rings (SSSR count). The average molecular weight is 695 g/mol. The van der Waals surface area contributed by atoms with Crippen molar-refractivity contribution < 1.29 is 51.3 Å². The molecule has 3 aromatic rings. The molecule has 0 aliphatic carbocycles. The molecule has 0 spiro atoms. The van der Waals surface area contributed by atoms with E-state index in [1.54, 1.807) is 48.5 Å². The zero-order chi connectivity index (χ0) is 34.9. The Labute approximate surface area is 274 Å². The van der Waals surface area contributed by atoms with Crippen LogP contribution in [0.5, 0.6) is 5.75 Å². The van der Waals surface area contributed by atoms with Crippen molar-refractivity contribution in [3.63, 3.8) is 0 Å². The van der Waals surface area contributed by atoms with Gasteiger partial charge < -0.3 is 29.6 Å². The second-order valence-electron chi connectivity index (χ2n) is 11.3. The van der Waals surface area contributed by atoms with E-state index in [9.17, 15) is 24.1 Å². The van der Waals surface area contributed by atoms with Gasteiger partial charge in [-0.2, -0.15) is 18.9 Å². The van der Waals surface area contributed by atoms with E-state index in [0.29, 0.717) is 16.6 Å². The maximum Gasteiger partial charge on any atom is 0.459 e. The van der Waals surface area contributed by atoms with Crippen LogP contribution in [0.2, 0.25) is 0 Å². The number of benzene rings is 2. The highest BCUT2D eigenvalue weighted by molar-refractivity contribution is 7.52. The third-order valence-corrected chi connectivity index (χ3v) is 8.58. The van der Waals surface area contributed by atoms with Gasteiger partial charge in [0.2, 0.25) is 6.23 Å². The number of alkyl halides is 2. The SMILES string of the molecule is CC(C)CCOC(=O)C[C@H](NP(=O)(OC[C@H]1O[C@@H](n2ccc(N)nc2=O)C(F)(F)C1O)Oc1ccccc1)C(=O)OCc1ccccc1. The molecule has 2 unspecified atom stereocenters. The predicted molar refractivity (Wildman–Crippen MR) is 167 cm³/mol. The molecule has 1 aliphatic heterocycles. The number of nitrogens with two attached hydrogens (primary N) is 1. The van der Waals surface area contributed by atoms with Crippen LogP contribution in [0.15, 0.2) is 77.7 Å². The molecular weight excluding hydrogens is 657 g/mol. The van der Waals surface area contributed by atoms with Gasteiger partial charge in [0.05, 0.1) is 19.6 Å². The van der Waals surface area contributed by atoms with Crippen molar-refractivity contribution in [2.24, 2.45) is 5.92 Å². The van der Waals surface area contributed by atoms with Crippen molar-refractivity contribution in [3.8, 4) is 5.75 Å². The van der Waals surface area contributed by atoms with Gasteiger partial charge in [0, 0.05) is 6.20 Å². The number of halogens is 2. The first-order valence-electron chi connectivity index (χ1n) is 15.0. The second-order valence-corrected chi connectivity index (χ2v) is 13.0. The Hall–Kier alpha value is -4.21. The summed E-state index contributed by atoms with van der Waals surface area (Å²) >= 11 is 0. The van der Waals surface area contributed by atoms with E-state index in [0.717, 1.165) is 12.3 Å². The lowest BCUT2D eigenvalue weighted by Gasteiger charge is -2.25. The van der Waals surface area contributed by atoms with Crippen molar-refractivity contribution in [1.82, 2.24) is 14.6 Å². The predicted octanol–water partition coefficient (Wildman–Crippen LogP) is 3.60. The number of aliphatic hydroxyl groups is 1. The van der Waals surface area contributed by atoms with E-state index in [1.165, 1.54) is 12.1 Å². The molecule has 1 aromatic heterocycles. The first kappa shape index (κ1) is 36.6. The molecule has 5 atom stereocenters. The van der Waals surface area contributed by atoms with Crippen LogP contribution in [0.4, 0.5) is 14.6 Å². The van der Waals surface area contributed by atoms with E-state index < -0.39 is 68.8 Å². The Morgan fingerprint density at radius 3 is 2.42 bits per heavy atom. The number of ether oxygens (including phenoxy) is 3. The number of aliphatic hydroxyl groups excluding tert-OH is 1. The van der Waals surface area contributed by atoms with Gasteiger partial charge in [-0.05, 0) is 36.1 Å². The first-order valence-corrected chi connectivity index (χ1v) is 16.5. The van der Waals surface area contributed by atoms with Crippen molar-refractivity contribution in [2.45, 2.75) is 63.7 Å². The van der Waals surface area contributed by atoms with E-state index >= 15 is 8.78 Å². The molecule has 2 aromatic carbocycles. The number of nitrogens with one attached hydrogen (secondary N) is 1. The van der Waals surface area contributed by atoms with Crippen molar-refractivity contribution in [3.05, 3.63) is 89.0 Å². The lowest BCUT2D eigenvalue weighted by molar-refractivity contribution is -0.153. The number of hydrogen-bond donors (Lipinski definition) is 3. The fourth-order valence-electron chi connectivity index (χ4n) is 4.43. The van der Waals surface area contributed by atoms with Crippen LogP contribution in [0.1, 0.15) is 38.5 Å². The van der Waals surface area contributed by atoms with Crippen LogP contribution < -0.4 is 21.0 Å². The molecule has 1 fully saturated rings. The van der Waals surface area contributed by atoms with Crippen LogP contribution in [0.3, 0.4) is 0 Å². The van der Waals surface area contributed by atoms with Gasteiger partial charge in [0.25, 0.3) is 0 Å². The van der Waals surface area contributed by atoms with Gasteiger partial charge in [-0.15, -0.1) is 0 Å². The van der Waals surface area contributed by atoms with Crippen molar-refractivity contribution >= 4 is 25.5 Å². The number of rotatable bonds is 16. The molecule has 0 radical (unpaired) electrons. The third kappa shape index (κ3) is 9.90. The molecule has 0 bridgehead atoms. The van der Waals surface area contributed by atoms with Crippen LogP contribution in [-0.4, -0.2) is 64.0 Å². The Balaban J connectivity index is 1.56. The first-order chi connectivity index (χ1) is 22.8. The maximum atomic E-state index is 15.1. The summed E-state index contributed by atoms with van der Waals surface area (Å²) in [5.74, 6) is -5.87. The molecule has 4 N–H and O–H groups in total. The number of carbonyl (C=O) groups is 2. The van der Waals surface area contributed by atoms with Crippen LogP contribution in [0.25, 0.3) is 0 Å². The monoisotopic (exact) mass is 694 g/mol. The van der Waals surface area contributed by atoms with E-state index in [2.05, 4.69) is 10.1 Å². The summed E-state index contributed by atoms with van der Waals surface area (Å²) < 4.78 is 71.9. The fourth-order valence-corrected chi connectivity index (χ4v) is 5.93. The number of nitrogens with zero attached hydrogens (tertiary/aromatic N) is 2. The van der Waals surface area contributed by atoms with Gasteiger partial charge in [-0.25, -0.2) is 9.36 Å². The van der Waals surface area contributed by atoms with Crippen LogP contribution in [0, 0.1) is 5.92 Å². The summed E-state index contributed by atoms with van der Waals surface area (Å²) in [5.41, 5.74) is 4.91. The van der Waals surface area contributed by atoms with Gasteiger partial charge in [-0.1, -0.05) is 62.4 Å². The fraction of sp³-hybridized carbons (Fsp3) is 0.419. The van der Waals surface area contributed by atoms with E-state index in [-0.39, 0.29) is 30.7 Å². The standard InChI is InChI=1S/C31H37F2N4O10P/c1-20(2)14-16-43-26(38)17-23(28(40)44-18-21-9-5-3-6-10-21)36-48(42,47-22-11-7-4-8-12-22)45-19-24-27(39)31(32,33)29(46-24)37-15-13-25(34)35-30(37)41/h3-13,15,20,23-24,27,29,39H,14,16-19H2,1-2H3,(H,36,42)(H2,34,35,41)/t23-,24+,27?,29+,48?/m0/s1. The topological polar surface area (TPSA) is 191 Å². The van der Waals surface area contributed by atoms with Gasteiger partial charge >= 0.3 is 31.3 Å². The Morgan fingerprint density at radius 2 is 1.77 bits per heavy atom. The quantitative estimate of drug-likeness (QED) is 0.146. The minimum absolute atomic E-state index is 0.0140. The molecule has 48 heavy (non-hydrogen) atoms. The molecule has 1 aliphatic rings. The largest absolute Gasteiger partial charge is 0.466 e. The highest BCUT2D eigenvalue weighted by atomic mass is 31.2. The van der Waals surface area contributed by atoms with Crippen LogP contribution >= 0.6 is 7.75 Å².